The Balaban J connectivity index is 2.72. The van der Waals surface area contributed by atoms with Gasteiger partial charge in [-0.2, -0.15) is 0 Å². The Bertz CT molecular complexity index is 418. The van der Waals surface area contributed by atoms with E-state index in [9.17, 15) is 4.79 Å². The van der Waals surface area contributed by atoms with E-state index < -0.39 is 5.41 Å². The number of hydrogen-bond donors (Lipinski definition) is 2. The van der Waals surface area contributed by atoms with Gasteiger partial charge in [-0.15, -0.1) is 0 Å². The van der Waals surface area contributed by atoms with E-state index in [1.54, 1.807) is 6.92 Å². The van der Waals surface area contributed by atoms with Gasteiger partial charge in [0, 0.05) is 16.5 Å². The summed E-state index contributed by atoms with van der Waals surface area (Å²) >= 11 is 5.93. The number of hydrogen-bond acceptors (Lipinski definition) is 2. The highest BCUT2D eigenvalue weighted by Gasteiger charge is 2.28. The van der Waals surface area contributed by atoms with E-state index in [0.717, 1.165) is 5.56 Å². The molecule has 0 spiro atoms. The standard InChI is InChI=1S/C14H20ClNO2/c1-10(9-17)16-13(18)14(2,3)8-11-5-4-6-12(15)7-11/h4-7,10,17H,8-9H2,1-3H3,(H,16,18). The number of aliphatic hydroxyl groups is 1. The van der Waals surface area contributed by atoms with Gasteiger partial charge in [0.2, 0.25) is 5.91 Å². The van der Waals surface area contributed by atoms with Crippen molar-refractivity contribution >= 4 is 17.5 Å². The summed E-state index contributed by atoms with van der Waals surface area (Å²) in [7, 11) is 0. The number of nitrogens with one attached hydrogen (secondary N) is 1. The normalized spacial score (nSPS) is 13.2. The molecule has 0 saturated heterocycles. The lowest BCUT2D eigenvalue weighted by molar-refractivity contribution is -0.130. The lowest BCUT2D eigenvalue weighted by atomic mass is 9.84. The van der Waals surface area contributed by atoms with Crippen molar-refractivity contribution in [1.29, 1.82) is 0 Å². The maximum atomic E-state index is 12.1. The molecule has 1 atom stereocenters. The maximum Gasteiger partial charge on any atom is 0.226 e. The molecule has 0 radical (unpaired) electrons. The third kappa shape index (κ3) is 4.31. The highest BCUT2D eigenvalue weighted by molar-refractivity contribution is 6.30. The zero-order valence-corrected chi connectivity index (χ0v) is 11.8. The Morgan fingerprint density at radius 3 is 2.72 bits per heavy atom. The molecule has 0 heterocycles. The SMILES string of the molecule is CC(CO)NC(=O)C(C)(C)Cc1cccc(Cl)c1. The minimum absolute atomic E-state index is 0.0566. The fourth-order valence-corrected chi connectivity index (χ4v) is 1.92. The fourth-order valence-electron chi connectivity index (χ4n) is 1.70. The van der Waals surface area contributed by atoms with Crippen molar-refractivity contribution < 1.29 is 9.90 Å². The molecule has 100 valence electrons. The molecule has 0 bridgehead atoms. The number of benzene rings is 1. The third-order valence-corrected chi connectivity index (χ3v) is 3.04. The maximum absolute atomic E-state index is 12.1. The minimum atomic E-state index is -0.534. The summed E-state index contributed by atoms with van der Waals surface area (Å²) in [5, 5.41) is 12.4. The molecule has 0 saturated carbocycles. The molecule has 0 aliphatic rings. The molecule has 1 aromatic carbocycles. The third-order valence-electron chi connectivity index (χ3n) is 2.80. The summed E-state index contributed by atoms with van der Waals surface area (Å²) in [4.78, 5) is 12.1. The summed E-state index contributed by atoms with van der Waals surface area (Å²) < 4.78 is 0. The second-order valence-corrected chi connectivity index (χ2v) is 5.68. The van der Waals surface area contributed by atoms with Crippen molar-refractivity contribution in [2.45, 2.75) is 33.2 Å². The zero-order chi connectivity index (χ0) is 13.8. The molecule has 0 aliphatic carbocycles. The van der Waals surface area contributed by atoms with Crippen molar-refractivity contribution in [2.75, 3.05) is 6.61 Å². The Labute approximate surface area is 113 Å². The topological polar surface area (TPSA) is 49.3 Å². The molecule has 1 amide bonds. The zero-order valence-electron chi connectivity index (χ0n) is 11.0. The summed E-state index contributed by atoms with van der Waals surface area (Å²) in [6.45, 7) is 5.48. The largest absolute Gasteiger partial charge is 0.394 e. The van der Waals surface area contributed by atoms with Gasteiger partial charge in [-0.1, -0.05) is 37.6 Å². The number of aliphatic hydroxyl groups excluding tert-OH is 1. The van der Waals surface area contributed by atoms with Crippen molar-refractivity contribution in [3.05, 3.63) is 34.9 Å². The molecule has 2 N–H and O–H groups in total. The van der Waals surface area contributed by atoms with Crippen LogP contribution in [0, 0.1) is 5.41 Å². The molecule has 0 fully saturated rings. The molecule has 0 aromatic heterocycles. The van der Waals surface area contributed by atoms with Crippen LogP contribution in [0.5, 0.6) is 0 Å². The van der Waals surface area contributed by atoms with Gasteiger partial charge in [0.1, 0.15) is 0 Å². The van der Waals surface area contributed by atoms with Crippen LogP contribution in [0.3, 0.4) is 0 Å². The van der Waals surface area contributed by atoms with Crippen LogP contribution >= 0.6 is 11.6 Å². The first-order valence-electron chi connectivity index (χ1n) is 6.01. The number of carbonyl (C=O) groups excluding carboxylic acids is 1. The number of halogens is 1. The van der Waals surface area contributed by atoms with Crippen LogP contribution in [0.1, 0.15) is 26.3 Å². The fraction of sp³-hybridized carbons (Fsp3) is 0.500. The number of carbonyl (C=O) groups is 1. The van der Waals surface area contributed by atoms with Crippen LogP contribution in [0.15, 0.2) is 24.3 Å². The first-order chi connectivity index (χ1) is 8.35. The molecule has 1 aromatic rings. The van der Waals surface area contributed by atoms with E-state index in [-0.39, 0.29) is 18.6 Å². The van der Waals surface area contributed by atoms with Crippen LogP contribution in [-0.2, 0) is 11.2 Å². The lowest BCUT2D eigenvalue weighted by Crippen LogP contribution is -2.44. The van der Waals surface area contributed by atoms with Crippen molar-refractivity contribution in [3.63, 3.8) is 0 Å². The average Bonchev–Trinajstić information content (AvgIpc) is 2.28. The van der Waals surface area contributed by atoms with Gasteiger partial charge in [-0.05, 0) is 31.0 Å². The monoisotopic (exact) mass is 269 g/mol. The van der Waals surface area contributed by atoms with Gasteiger partial charge in [0.05, 0.1) is 6.61 Å². The molecule has 1 rings (SSSR count). The highest BCUT2D eigenvalue weighted by Crippen LogP contribution is 2.23. The first-order valence-corrected chi connectivity index (χ1v) is 6.39. The van der Waals surface area contributed by atoms with E-state index in [4.69, 9.17) is 16.7 Å². The Morgan fingerprint density at radius 2 is 2.17 bits per heavy atom. The lowest BCUT2D eigenvalue weighted by Gasteiger charge is -2.25. The number of rotatable bonds is 5. The quantitative estimate of drug-likeness (QED) is 0.862. The second-order valence-electron chi connectivity index (χ2n) is 5.25. The van der Waals surface area contributed by atoms with E-state index in [0.29, 0.717) is 11.4 Å². The minimum Gasteiger partial charge on any atom is -0.394 e. The summed E-state index contributed by atoms with van der Waals surface area (Å²) in [5.74, 6) is -0.0657. The molecular formula is C14H20ClNO2. The highest BCUT2D eigenvalue weighted by atomic mass is 35.5. The van der Waals surface area contributed by atoms with Crippen LogP contribution in [0.2, 0.25) is 5.02 Å². The van der Waals surface area contributed by atoms with E-state index >= 15 is 0 Å². The first kappa shape index (κ1) is 15.0. The molecule has 3 nitrogen and oxygen atoms in total. The molecule has 0 aliphatic heterocycles. The predicted octanol–water partition coefficient (Wildman–Crippen LogP) is 2.41. The van der Waals surface area contributed by atoms with Gasteiger partial charge < -0.3 is 10.4 Å². The Kier molecular flexibility index (Phi) is 5.17. The Hall–Kier alpha value is -1.06. The molecule has 1 unspecified atom stereocenters. The number of amides is 1. The van der Waals surface area contributed by atoms with Crippen LogP contribution in [0.4, 0.5) is 0 Å². The van der Waals surface area contributed by atoms with Gasteiger partial charge in [0.15, 0.2) is 0 Å². The van der Waals surface area contributed by atoms with E-state index in [1.807, 2.05) is 38.1 Å². The van der Waals surface area contributed by atoms with Gasteiger partial charge in [-0.3, -0.25) is 4.79 Å². The van der Waals surface area contributed by atoms with Gasteiger partial charge in [0.25, 0.3) is 0 Å². The Morgan fingerprint density at radius 1 is 1.50 bits per heavy atom. The van der Waals surface area contributed by atoms with Crippen molar-refractivity contribution in [1.82, 2.24) is 5.32 Å². The van der Waals surface area contributed by atoms with Crippen LogP contribution in [-0.4, -0.2) is 23.7 Å². The van der Waals surface area contributed by atoms with Gasteiger partial charge in [-0.25, -0.2) is 0 Å². The average molecular weight is 270 g/mol. The summed E-state index contributed by atoms with van der Waals surface area (Å²) in [6, 6.07) is 7.28. The van der Waals surface area contributed by atoms with Crippen molar-refractivity contribution in [3.8, 4) is 0 Å². The smallest absolute Gasteiger partial charge is 0.226 e. The van der Waals surface area contributed by atoms with Crippen molar-refractivity contribution in [2.24, 2.45) is 5.41 Å². The van der Waals surface area contributed by atoms with Gasteiger partial charge >= 0.3 is 0 Å². The predicted molar refractivity (Wildman–Crippen MR) is 73.6 cm³/mol. The summed E-state index contributed by atoms with van der Waals surface area (Å²) in [6.07, 6.45) is 0.609. The van der Waals surface area contributed by atoms with E-state index in [1.165, 1.54) is 0 Å². The van der Waals surface area contributed by atoms with Crippen LogP contribution in [0.25, 0.3) is 0 Å². The molecule has 4 heteroatoms. The van der Waals surface area contributed by atoms with E-state index in [2.05, 4.69) is 5.32 Å². The summed E-state index contributed by atoms with van der Waals surface area (Å²) in [5.41, 5.74) is 0.494. The van der Waals surface area contributed by atoms with Crippen LogP contribution < -0.4 is 5.32 Å². The second kappa shape index (κ2) is 6.21. The molecular weight excluding hydrogens is 250 g/mol. The molecule has 18 heavy (non-hydrogen) atoms.